The van der Waals surface area contributed by atoms with Gasteiger partial charge in [-0.3, -0.25) is 4.79 Å². The third-order valence-corrected chi connectivity index (χ3v) is 2.45. The number of nitrogens with zero attached hydrogens (tertiary/aromatic N) is 2. The van der Waals surface area contributed by atoms with E-state index in [2.05, 4.69) is 18.9 Å². The van der Waals surface area contributed by atoms with Gasteiger partial charge in [0.25, 0.3) is 0 Å². The Bertz CT molecular complexity index is 163. The van der Waals surface area contributed by atoms with Gasteiger partial charge in [0.1, 0.15) is 0 Å². The molecule has 1 saturated heterocycles. The molecule has 0 aromatic heterocycles. The number of carbonyl (C=O) groups excluding carboxylic acids is 1. The number of piperazine rings is 1. The Labute approximate surface area is 71.9 Å². The van der Waals surface area contributed by atoms with Crippen LogP contribution in [0.15, 0.2) is 0 Å². The minimum Gasteiger partial charge on any atom is -0.326 e. The summed E-state index contributed by atoms with van der Waals surface area (Å²) in [5.74, 6) is 0. The van der Waals surface area contributed by atoms with E-state index in [1.165, 1.54) is 0 Å². The lowest BCUT2D eigenvalue weighted by atomic mass is 10.2. The molecule has 1 heterocycles. The first-order valence-electron chi connectivity index (χ1n) is 3.76. The fourth-order valence-electron chi connectivity index (χ4n) is 1.21. The molecule has 0 spiro atoms. The molecule has 1 fully saturated rings. The van der Waals surface area contributed by atoms with Gasteiger partial charge in [0.2, 0.25) is 0 Å². The standard InChI is InChI=1S/C7H13ClN2O/c1-6-5-10(7(8)11)4-3-9(6)2/h6H,3-5H2,1-2H3. The molecule has 11 heavy (non-hydrogen) atoms. The molecule has 1 aliphatic heterocycles. The summed E-state index contributed by atoms with van der Waals surface area (Å²) in [6.07, 6.45) is 0. The zero-order valence-corrected chi connectivity index (χ0v) is 7.64. The summed E-state index contributed by atoms with van der Waals surface area (Å²) in [6, 6.07) is 0.423. The molecule has 1 amide bonds. The Morgan fingerprint density at radius 3 is 2.64 bits per heavy atom. The molecule has 4 heteroatoms. The zero-order chi connectivity index (χ0) is 8.43. The van der Waals surface area contributed by atoms with Gasteiger partial charge in [0.05, 0.1) is 0 Å². The van der Waals surface area contributed by atoms with E-state index in [0.717, 1.165) is 19.6 Å². The Kier molecular flexibility index (Phi) is 2.73. The third kappa shape index (κ3) is 2.07. The van der Waals surface area contributed by atoms with Gasteiger partial charge in [0.15, 0.2) is 0 Å². The summed E-state index contributed by atoms with van der Waals surface area (Å²) in [5.41, 5.74) is 0. The van der Waals surface area contributed by atoms with Crippen molar-refractivity contribution in [1.29, 1.82) is 0 Å². The number of halogens is 1. The van der Waals surface area contributed by atoms with Gasteiger partial charge >= 0.3 is 5.37 Å². The predicted octanol–water partition coefficient (Wildman–Crippen LogP) is 0.981. The zero-order valence-electron chi connectivity index (χ0n) is 6.88. The van der Waals surface area contributed by atoms with Crippen molar-refractivity contribution in [2.24, 2.45) is 0 Å². The maximum Gasteiger partial charge on any atom is 0.316 e. The molecule has 1 rings (SSSR count). The van der Waals surface area contributed by atoms with Crippen LogP contribution in [0.25, 0.3) is 0 Å². The highest BCUT2D eigenvalue weighted by Gasteiger charge is 2.22. The molecule has 0 saturated carbocycles. The van der Waals surface area contributed by atoms with Crippen molar-refractivity contribution in [2.45, 2.75) is 13.0 Å². The van der Waals surface area contributed by atoms with Gasteiger partial charge in [-0.2, -0.15) is 0 Å². The van der Waals surface area contributed by atoms with E-state index >= 15 is 0 Å². The minimum atomic E-state index is -0.329. The number of rotatable bonds is 0. The lowest BCUT2D eigenvalue weighted by molar-refractivity contribution is 0.130. The van der Waals surface area contributed by atoms with Crippen molar-refractivity contribution in [1.82, 2.24) is 9.80 Å². The van der Waals surface area contributed by atoms with E-state index in [0.29, 0.717) is 6.04 Å². The molecule has 0 aromatic carbocycles. The largest absolute Gasteiger partial charge is 0.326 e. The second-order valence-corrected chi connectivity index (χ2v) is 3.35. The highest BCUT2D eigenvalue weighted by Crippen LogP contribution is 2.08. The maximum absolute atomic E-state index is 10.7. The van der Waals surface area contributed by atoms with Crippen molar-refractivity contribution in [2.75, 3.05) is 26.7 Å². The summed E-state index contributed by atoms with van der Waals surface area (Å²) < 4.78 is 0. The van der Waals surface area contributed by atoms with Gasteiger partial charge in [-0.05, 0) is 25.6 Å². The molecule has 0 bridgehead atoms. The first-order valence-corrected chi connectivity index (χ1v) is 4.13. The Morgan fingerprint density at radius 1 is 1.55 bits per heavy atom. The monoisotopic (exact) mass is 176 g/mol. The maximum atomic E-state index is 10.7. The molecule has 64 valence electrons. The molecule has 1 atom stereocenters. The van der Waals surface area contributed by atoms with E-state index in [-0.39, 0.29) is 5.37 Å². The van der Waals surface area contributed by atoms with Gasteiger partial charge in [-0.15, -0.1) is 0 Å². The number of carbonyl (C=O) groups is 1. The second-order valence-electron chi connectivity index (χ2n) is 3.03. The van der Waals surface area contributed by atoms with E-state index in [1.807, 2.05) is 0 Å². The van der Waals surface area contributed by atoms with Crippen LogP contribution in [-0.2, 0) is 0 Å². The molecule has 0 N–H and O–H groups in total. The van der Waals surface area contributed by atoms with E-state index in [1.54, 1.807) is 4.90 Å². The van der Waals surface area contributed by atoms with E-state index < -0.39 is 0 Å². The number of hydrogen-bond acceptors (Lipinski definition) is 2. The van der Waals surface area contributed by atoms with Crippen molar-refractivity contribution in [3.05, 3.63) is 0 Å². The Balaban J connectivity index is 2.46. The van der Waals surface area contributed by atoms with Crippen LogP contribution in [-0.4, -0.2) is 47.9 Å². The smallest absolute Gasteiger partial charge is 0.316 e. The van der Waals surface area contributed by atoms with Crippen LogP contribution >= 0.6 is 11.6 Å². The molecule has 0 radical (unpaired) electrons. The fourth-order valence-corrected chi connectivity index (χ4v) is 1.36. The summed E-state index contributed by atoms with van der Waals surface area (Å²) in [7, 11) is 2.06. The number of likely N-dealkylation sites (N-methyl/N-ethyl adjacent to an activating group) is 1. The van der Waals surface area contributed by atoms with Crippen LogP contribution in [0.5, 0.6) is 0 Å². The first-order chi connectivity index (χ1) is 5.11. The van der Waals surface area contributed by atoms with Crippen molar-refractivity contribution in [3.63, 3.8) is 0 Å². The fraction of sp³-hybridized carbons (Fsp3) is 0.857. The van der Waals surface area contributed by atoms with Gasteiger partial charge < -0.3 is 9.80 Å². The van der Waals surface area contributed by atoms with E-state index in [9.17, 15) is 4.79 Å². The summed E-state index contributed by atoms with van der Waals surface area (Å²) in [5, 5.41) is -0.329. The molecule has 3 nitrogen and oxygen atoms in total. The minimum absolute atomic E-state index is 0.329. The quantitative estimate of drug-likeness (QED) is 0.406. The van der Waals surface area contributed by atoms with Crippen LogP contribution in [0.3, 0.4) is 0 Å². The number of amides is 1. The lowest BCUT2D eigenvalue weighted by Crippen LogP contribution is -2.50. The Hall–Kier alpha value is -0.280. The van der Waals surface area contributed by atoms with Crippen LogP contribution in [0.2, 0.25) is 0 Å². The third-order valence-electron chi connectivity index (χ3n) is 2.21. The summed E-state index contributed by atoms with van der Waals surface area (Å²) in [6.45, 7) is 4.51. The van der Waals surface area contributed by atoms with Gasteiger partial charge in [-0.1, -0.05) is 0 Å². The molecular weight excluding hydrogens is 164 g/mol. The Morgan fingerprint density at radius 2 is 2.18 bits per heavy atom. The van der Waals surface area contributed by atoms with Crippen LogP contribution < -0.4 is 0 Å². The predicted molar refractivity (Wildman–Crippen MR) is 44.9 cm³/mol. The molecular formula is C7H13ClN2O. The highest BCUT2D eigenvalue weighted by molar-refractivity contribution is 6.62. The molecule has 1 aliphatic rings. The normalized spacial score (nSPS) is 27.2. The molecule has 0 aliphatic carbocycles. The average Bonchev–Trinajstić information content (AvgIpc) is 1.94. The first kappa shape index (κ1) is 8.81. The molecule has 1 unspecified atom stereocenters. The number of hydrogen-bond donors (Lipinski definition) is 0. The van der Waals surface area contributed by atoms with Crippen LogP contribution in [0.4, 0.5) is 4.79 Å². The van der Waals surface area contributed by atoms with E-state index in [4.69, 9.17) is 11.6 Å². The summed E-state index contributed by atoms with van der Waals surface area (Å²) in [4.78, 5) is 14.6. The van der Waals surface area contributed by atoms with Crippen molar-refractivity contribution < 1.29 is 4.79 Å². The van der Waals surface area contributed by atoms with Gasteiger partial charge in [0, 0.05) is 25.7 Å². The van der Waals surface area contributed by atoms with Gasteiger partial charge in [-0.25, -0.2) is 0 Å². The van der Waals surface area contributed by atoms with Crippen LogP contribution in [0, 0.1) is 0 Å². The van der Waals surface area contributed by atoms with Crippen LogP contribution in [0.1, 0.15) is 6.92 Å². The van der Waals surface area contributed by atoms with Crippen molar-refractivity contribution in [3.8, 4) is 0 Å². The SMILES string of the molecule is CC1CN(C(=O)Cl)CCN1C. The molecule has 0 aromatic rings. The second kappa shape index (κ2) is 3.41. The average molecular weight is 177 g/mol. The van der Waals surface area contributed by atoms with Crippen molar-refractivity contribution >= 4 is 17.0 Å². The highest BCUT2D eigenvalue weighted by atomic mass is 35.5. The lowest BCUT2D eigenvalue weighted by Gasteiger charge is -2.36. The topological polar surface area (TPSA) is 23.6 Å². The summed E-state index contributed by atoms with van der Waals surface area (Å²) >= 11 is 5.34.